The first kappa shape index (κ1) is 33.9. The average molecular weight is 655 g/mol. The molecule has 1 aromatic heterocycles. The highest BCUT2D eigenvalue weighted by atomic mass is 19.4. The van der Waals surface area contributed by atoms with Gasteiger partial charge in [0.1, 0.15) is 11.7 Å². The summed E-state index contributed by atoms with van der Waals surface area (Å²) in [5.74, 6) is -2.02. The number of hydrogen-bond acceptors (Lipinski definition) is 7. The molecular formula is C31H42F4N6O5. The number of carbonyl (C=O) groups is 3. The predicted octanol–water partition coefficient (Wildman–Crippen LogP) is 2.97. The number of carboxylic acids is 1. The van der Waals surface area contributed by atoms with Crippen LogP contribution in [0.5, 0.6) is 0 Å². The van der Waals surface area contributed by atoms with Gasteiger partial charge in [0.15, 0.2) is 0 Å². The molecule has 3 N–H and O–H groups in total. The molecule has 5 heterocycles. The molecule has 6 rings (SSSR count). The second-order valence-electron chi connectivity index (χ2n) is 13.0. The normalized spacial score (nSPS) is 23.6. The van der Waals surface area contributed by atoms with E-state index in [1.54, 1.807) is 11.6 Å². The molecular weight excluding hydrogens is 612 g/mol. The lowest BCUT2D eigenvalue weighted by atomic mass is 9.78. The van der Waals surface area contributed by atoms with Crippen LogP contribution in [0.2, 0.25) is 0 Å². The summed E-state index contributed by atoms with van der Waals surface area (Å²) in [7, 11) is 1.74. The number of carboxylic acid groups (broad SMARTS) is 1. The maximum Gasteiger partial charge on any atom is 0.490 e. The van der Waals surface area contributed by atoms with Crippen molar-refractivity contribution >= 4 is 34.5 Å². The molecule has 1 aromatic carbocycles. The lowest BCUT2D eigenvalue weighted by Crippen LogP contribution is -2.49. The number of benzene rings is 1. The van der Waals surface area contributed by atoms with E-state index in [4.69, 9.17) is 9.90 Å². The number of aromatic nitrogens is 2. The number of nitrogens with zero attached hydrogens (tertiary/aromatic N) is 4. The Hall–Kier alpha value is -3.46. The summed E-state index contributed by atoms with van der Waals surface area (Å²) in [5, 5.41) is 12.8. The van der Waals surface area contributed by atoms with Crippen LogP contribution >= 0.6 is 0 Å². The molecule has 2 aromatic rings. The lowest BCUT2D eigenvalue weighted by Gasteiger charge is -2.42. The molecule has 1 atom stereocenters. The summed E-state index contributed by atoms with van der Waals surface area (Å²) < 4.78 is 50.0. The van der Waals surface area contributed by atoms with Gasteiger partial charge in [-0.2, -0.15) is 13.2 Å². The Labute approximate surface area is 263 Å². The van der Waals surface area contributed by atoms with Crippen molar-refractivity contribution < 1.29 is 37.1 Å². The van der Waals surface area contributed by atoms with Gasteiger partial charge in [0, 0.05) is 38.8 Å². The van der Waals surface area contributed by atoms with Crippen molar-refractivity contribution in [1.29, 1.82) is 0 Å². The highest BCUT2D eigenvalue weighted by Gasteiger charge is 2.39. The lowest BCUT2D eigenvalue weighted by molar-refractivity contribution is -0.192. The Morgan fingerprint density at radius 2 is 1.54 bits per heavy atom. The summed E-state index contributed by atoms with van der Waals surface area (Å²) >= 11 is 0. The first-order valence-corrected chi connectivity index (χ1v) is 16.0. The fourth-order valence-corrected chi connectivity index (χ4v) is 7.42. The van der Waals surface area contributed by atoms with Gasteiger partial charge in [-0.1, -0.05) is 0 Å². The Bertz CT molecular complexity index is 1480. The topological polar surface area (TPSA) is 129 Å². The van der Waals surface area contributed by atoms with E-state index in [0.29, 0.717) is 31.7 Å². The van der Waals surface area contributed by atoms with Crippen LogP contribution in [0.15, 0.2) is 23.0 Å². The van der Waals surface area contributed by atoms with Crippen LogP contribution < -0.4 is 21.2 Å². The first-order chi connectivity index (χ1) is 21.8. The molecule has 1 unspecified atom stereocenters. The minimum Gasteiger partial charge on any atom is -0.475 e. The molecule has 4 aliphatic heterocycles. The maximum absolute atomic E-state index is 15.1. The molecule has 46 heavy (non-hydrogen) atoms. The van der Waals surface area contributed by atoms with Crippen molar-refractivity contribution in [3.63, 3.8) is 0 Å². The standard InChI is InChI=1S/C29H41FN6O3.C2HF3O2/c1-33-25-18-22(2-3-23(25)36(28(33)39)24-4-5-26(37)32-27(24)38)35-16-8-21(9-17-35)20-6-14-34(15-7-20)19-29(30)10-12-31-13-11-29;3-2(4,5)1(6)7/h2-3,18,20-21,24,31H,4-17,19H2,1H3,(H,32,37,38);(H,6,7). The van der Waals surface area contributed by atoms with E-state index in [1.165, 1.54) is 17.4 Å². The highest BCUT2D eigenvalue weighted by Crippen LogP contribution is 2.36. The molecule has 0 radical (unpaired) electrons. The van der Waals surface area contributed by atoms with Gasteiger partial charge < -0.3 is 20.2 Å². The van der Waals surface area contributed by atoms with E-state index < -0.39 is 29.8 Å². The van der Waals surface area contributed by atoms with Gasteiger partial charge in [0.25, 0.3) is 0 Å². The SMILES string of the molecule is Cn1c(=O)n(C2CCC(=O)NC2=O)c2ccc(N3CCC(C4CCN(CC5(F)CCNCC5)CC4)CC3)cc21.O=C(O)C(F)(F)F. The van der Waals surface area contributed by atoms with E-state index in [9.17, 15) is 27.6 Å². The second-order valence-corrected chi connectivity index (χ2v) is 13.0. The fraction of sp³-hybridized carbons (Fsp3) is 0.677. The summed E-state index contributed by atoms with van der Waals surface area (Å²) in [4.78, 5) is 50.8. The van der Waals surface area contributed by atoms with Crippen LogP contribution in [0, 0.1) is 11.8 Å². The van der Waals surface area contributed by atoms with Crippen LogP contribution in [-0.2, 0) is 21.4 Å². The summed E-state index contributed by atoms with van der Waals surface area (Å²) in [6.07, 6.45) is 1.39. The third-order valence-corrected chi connectivity index (χ3v) is 10.0. The molecule has 4 fully saturated rings. The third kappa shape index (κ3) is 7.56. The molecule has 0 aliphatic carbocycles. The first-order valence-electron chi connectivity index (χ1n) is 16.0. The maximum atomic E-state index is 15.1. The van der Waals surface area contributed by atoms with E-state index in [-0.39, 0.29) is 18.0 Å². The molecule has 15 heteroatoms. The monoisotopic (exact) mass is 654 g/mol. The Kier molecular flexibility index (Phi) is 10.1. The van der Waals surface area contributed by atoms with Crippen molar-refractivity contribution in [1.82, 2.24) is 24.7 Å². The number of imidazole rings is 1. The third-order valence-electron chi connectivity index (χ3n) is 10.0. The number of aliphatic carboxylic acids is 1. The van der Waals surface area contributed by atoms with Crippen LogP contribution in [0.25, 0.3) is 11.0 Å². The van der Waals surface area contributed by atoms with Crippen molar-refractivity contribution in [2.24, 2.45) is 18.9 Å². The van der Waals surface area contributed by atoms with Crippen molar-refractivity contribution in [2.75, 3.05) is 50.7 Å². The molecule has 4 aliphatic rings. The molecule has 0 spiro atoms. The summed E-state index contributed by atoms with van der Waals surface area (Å²) in [6, 6.07) is 5.39. The van der Waals surface area contributed by atoms with Crippen LogP contribution in [0.4, 0.5) is 23.2 Å². The minimum atomic E-state index is -5.08. The van der Waals surface area contributed by atoms with Gasteiger partial charge in [-0.25, -0.2) is 14.0 Å². The number of fused-ring (bicyclic) bond motifs is 1. The zero-order valence-corrected chi connectivity index (χ0v) is 26.0. The molecule has 2 amide bonds. The van der Waals surface area contributed by atoms with Crippen molar-refractivity contribution in [3.8, 4) is 0 Å². The number of alkyl halides is 4. The number of imide groups is 1. The largest absolute Gasteiger partial charge is 0.490 e. The van der Waals surface area contributed by atoms with Crippen molar-refractivity contribution in [3.05, 3.63) is 28.7 Å². The number of rotatable bonds is 5. The number of likely N-dealkylation sites (tertiary alicyclic amines) is 1. The molecule has 11 nitrogen and oxygen atoms in total. The summed E-state index contributed by atoms with van der Waals surface area (Å²) in [6.45, 7) is 6.17. The number of aryl methyl sites for hydroxylation is 1. The second kappa shape index (κ2) is 13.7. The van der Waals surface area contributed by atoms with E-state index in [2.05, 4.69) is 32.6 Å². The Balaban J connectivity index is 0.000000537. The van der Waals surface area contributed by atoms with Gasteiger partial charge in [-0.15, -0.1) is 0 Å². The number of amides is 2. The Morgan fingerprint density at radius 3 is 2.11 bits per heavy atom. The predicted molar refractivity (Wildman–Crippen MR) is 162 cm³/mol. The number of nitrogens with one attached hydrogen (secondary N) is 2. The average Bonchev–Trinajstić information content (AvgIpc) is 3.26. The van der Waals surface area contributed by atoms with E-state index in [0.717, 1.165) is 74.7 Å². The fourth-order valence-electron chi connectivity index (χ4n) is 7.42. The summed E-state index contributed by atoms with van der Waals surface area (Å²) in [5.41, 5.74) is 1.37. The molecule has 4 saturated heterocycles. The van der Waals surface area contributed by atoms with Gasteiger partial charge in [-0.3, -0.25) is 24.0 Å². The number of carbonyl (C=O) groups excluding carboxylic acids is 2. The minimum absolute atomic E-state index is 0.236. The Morgan fingerprint density at radius 1 is 0.957 bits per heavy atom. The zero-order valence-electron chi connectivity index (χ0n) is 26.0. The van der Waals surface area contributed by atoms with Crippen LogP contribution in [-0.4, -0.2) is 94.6 Å². The zero-order chi connectivity index (χ0) is 33.2. The van der Waals surface area contributed by atoms with Gasteiger partial charge in [0.05, 0.1) is 11.0 Å². The highest BCUT2D eigenvalue weighted by molar-refractivity contribution is 6.00. The number of halogens is 4. The number of anilines is 1. The van der Waals surface area contributed by atoms with Crippen molar-refractivity contribution in [2.45, 2.75) is 69.3 Å². The van der Waals surface area contributed by atoms with Gasteiger partial charge in [0.2, 0.25) is 11.8 Å². The molecule has 0 saturated carbocycles. The van der Waals surface area contributed by atoms with Crippen LogP contribution in [0.3, 0.4) is 0 Å². The van der Waals surface area contributed by atoms with E-state index >= 15 is 4.39 Å². The molecule has 0 bridgehead atoms. The smallest absolute Gasteiger partial charge is 0.475 e. The number of piperidine rings is 4. The van der Waals surface area contributed by atoms with Crippen LogP contribution in [0.1, 0.15) is 57.4 Å². The van der Waals surface area contributed by atoms with Gasteiger partial charge in [-0.05, 0) is 101 Å². The molecule has 254 valence electrons. The van der Waals surface area contributed by atoms with Gasteiger partial charge >= 0.3 is 17.8 Å². The quantitative estimate of drug-likeness (QED) is 0.332. The van der Waals surface area contributed by atoms with E-state index in [1.807, 2.05) is 6.07 Å². The number of hydrogen-bond donors (Lipinski definition) is 3.